The summed E-state index contributed by atoms with van der Waals surface area (Å²) < 4.78 is 27.0. The van der Waals surface area contributed by atoms with Crippen molar-refractivity contribution in [1.82, 2.24) is 4.72 Å². The molecule has 3 N–H and O–H groups in total. The van der Waals surface area contributed by atoms with Gasteiger partial charge < -0.3 is 10.4 Å². The largest absolute Gasteiger partial charge is 0.478 e. The highest BCUT2D eigenvalue weighted by atomic mass is 32.2. The van der Waals surface area contributed by atoms with Crippen molar-refractivity contribution in [3.05, 3.63) is 23.8 Å². The quantitative estimate of drug-likeness (QED) is 0.568. The Morgan fingerprint density at radius 3 is 2.52 bits per heavy atom. The van der Waals surface area contributed by atoms with Crippen LogP contribution in [0.15, 0.2) is 23.1 Å². The van der Waals surface area contributed by atoms with E-state index >= 15 is 0 Å². The summed E-state index contributed by atoms with van der Waals surface area (Å²) in [4.78, 5) is 11.4. The Balaban J connectivity index is 2.95. The standard InChI is InChI=1S/C16H26N2O4S/c1-4-5-9-17-15-7-6-13(11-14(15)16(19)20)23(21,22)18-10-8-12(2)3/h6-7,11-12,17-18H,4-5,8-10H2,1-3H3,(H,19,20). The highest BCUT2D eigenvalue weighted by Gasteiger charge is 2.18. The fourth-order valence-electron chi connectivity index (χ4n) is 1.99. The minimum absolute atomic E-state index is 0.0281. The van der Waals surface area contributed by atoms with Crippen LogP contribution in [0.4, 0.5) is 5.69 Å². The van der Waals surface area contributed by atoms with Crippen LogP contribution in [-0.2, 0) is 10.0 Å². The van der Waals surface area contributed by atoms with Crippen LogP contribution in [0.5, 0.6) is 0 Å². The van der Waals surface area contributed by atoms with Gasteiger partial charge in [0.1, 0.15) is 0 Å². The summed E-state index contributed by atoms with van der Waals surface area (Å²) in [5.74, 6) is -0.763. The number of sulfonamides is 1. The number of anilines is 1. The number of benzene rings is 1. The van der Waals surface area contributed by atoms with E-state index in [4.69, 9.17) is 0 Å². The van der Waals surface area contributed by atoms with Gasteiger partial charge in [0.2, 0.25) is 10.0 Å². The molecule has 23 heavy (non-hydrogen) atoms. The van der Waals surface area contributed by atoms with E-state index in [0.29, 0.717) is 24.7 Å². The van der Waals surface area contributed by atoms with Crippen molar-refractivity contribution in [2.75, 3.05) is 18.4 Å². The molecule has 0 spiro atoms. The molecule has 0 atom stereocenters. The third kappa shape index (κ3) is 6.19. The average molecular weight is 342 g/mol. The minimum atomic E-state index is -3.70. The van der Waals surface area contributed by atoms with E-state index in [1.54, 1.807) is 0 Å². The lowest BCUT2D eigenvalue weighted by Gasteiger charge is -2.12. The lowest BCUT2D eigenvalue weighted by Crippen LogP contribution is -2.26. The third-order valence-corrected chi connectivity index (χ3v) is 4.85. The van der Waals surface area contributed by atoms with Crippen LogP contribution in [0.3, 0.4) is 0 Å². The van der Waals surface area contributed by atoms with Crippen molar-refractivity contribution < 1.29 is 18.3 Å². The van der Waals surface area contributed by atoms with Crippen molar-refractivity contribution in [3.8, 4) is 0 Å². The molecule has 0 aliphatic rings. The smallest absolute Gasteiger partial charge is 0.337 e. The van der Waals surface area contributed by atoms with Gasteiger partial charge in [0.25, 0.3) is 0 Å². The highest BCUT2D eigenvalue weighted by molar-refractivity contribution is 7.89. The molecule has 0 heterocycles. The first-order chi connectivity index (χ1) is 10.8. The van der Waals surface area contributed by atoms with Gasteiger partial charge in [0.05, 0.1) is 10.5 Å². The van der Waals surface area contributed by atoms with Crippen molar-refractivity contribution >= 4 is 21.7 Å². The highest BCUT2D eigenvalue weighted by Crippen LogP contribution is 2.21. The fraction of sp³-hybridized carbons (Fsp3) is 0.562. The molecule has 0 radical (unpaired) electrons. The molecule has 1 aromatic rings. The van der Waals surface area contributed by atoms with Gasteiger partial charge in [-0.1, -0.05) is 27.2 Å². The SMILES string of the molecule is CCCCNc1ccc(S(=O)(=O)NCCC(C)C)cc1C(=O)O. The second-order valence-electron chi connectivity index (χ2n) is 5.87. The molecule has 7 heteroatoms. The molecule has 6 nitrogen and oxygen atoms in total. The van der Waals surface area contributed by atoms with Gasteiger partial charge in [-0.05, 0) is 37.0 Å². The van der Waals surface area contributed by atoms with E-state index in [-0.39, 0.29) is 10.5 Å². The molecule has 130 valence electrons. The summed E-state index contributed by atoms with van der Waals surface area (Å²) in [5, 5.41) is 12.3. The lowest BCUT2D eigenvalue weighted by atomic mass is 10.1. The fourth-order valence-corrected chi connectivity index (χ4v) is 3.06. The zero-order valence-corrected chi connectivity index (χ0v) is 14.7. The summed E-state index contributed by atoms with van der Waals surface area (Å²) in [7, 11) is -3.70. The topological polar surface area (TPSA) is 95.5 Å². The lowest BCUT2D eigenvalue weighted by molar-refractivity contribution is 0.0697. The first-order valence-electron chi connectivity index (χ1n) is 7.88. The third-order valence-electron chi connectivity index (χ3n) is 3.39. The number of hydrogen-bond donors (Lipinski definition) is 3. The number of nitrogens with one attached hydrogen (secondary N) is 2. The number of rotatable bonds is 10. The molecule has 0 aliphatic heterocycles. The minimum Gasteiger partial charge on any atom is -0.478 e. The Labute approximate surface area is 138 Å². The normalized spacial score (nSPS) is 11.7. The summed E-state index contributed by atoms with van der Waals surface area (Å²) in [6.07, 6.45) is 2.62. The molecule has 0 saturated carbocycles. The summed E-state index contributed by atoms with van der Waals surface area (Å²) >= 11 is 0. The zero-order chi connectivity index (χ0) is 17.5. The van der Waals surface area contributed by atoms with Gasteiger partial charge in [-0.2, -0.15) is 0 Å². The number of carboxylic acids is 1. The predicted molar refractivity (Wildman–Crippen MR) is 91.4 cm³/mol. The molecule has 1 rings (SSSR count). The molecule has 0 saturated heterocycles. The van der Waals surface area contributed by atoms with Crippen LogP contribution in [0, 0.1) is 5.92 Å². The van der Waals surface area contributed by atoms with E-state index in [2.05, 4.69) is 10.0 Å². The maximum absolute atomic E-state index is 12.2. The Morgan fingerprint density at radius 1 is 1.26 bits per heavy atom. The van der Waals surface area contributed by atoms with Gasteiger partial charge in [-0.25, -0.2) is 17.9 Å². The Bertz CT molecular complexity index is 627. The Kier molecular flexibility index (Phi) is 7.51. The van der Waals surface area contributed by atoms with Gasteiger partial charge in [0, 0.05) is 18.8 Å². The zero-order valence-electron chi connectivity index (χ0n) is 13.9. The molecule has 0 aliphatic carbocycles. The maximum atomic E-state index is 12.2. The van der Waals surface area contributed by atoms with Gasteiger partial charge >= 0.3 is 5.97 Å². The van der Waals surface area contributed by atoms with Crippen molar-refractivity contribution in [2.45, 2.75) is 44.9 Å². The first-order valence-corrected chi connectivity index (χ1v) is 9.37. The molecule has 1 aromatic carbocycles. The van der Waals surface area contributed by atoms with Crippen LogP contribution >= 0.6 is 0 Å². The number of unbranched alkanes of at least 4 members (excludes halogenated alkanes) is 1. The Hall–Kier alpha value is -1.60. The van der Waals surface area contributed by atoms with Gasteiger partial charge in [0.15, 0.2) is 0 Å². The molecule has 0 fully saturated rings. The van der Waals surface area contributed by atoms with Crippen LogP contribution in [-0.4, -0.2) is 32.6 Å². The van der Waals surface area contributed by atoms with Crippen LogP contribution in [0.1, 0.15) is 50.4 Å². The Morgan fingerprint density at radius 2 is 1.96 bits per heavy atom. The molecule has 0 bridgehead atoms. The number of aromatic carboxylic acids is 1. The molecular formula is C16H26N2O4S. The van der Waals surface area contributed by atoms with Crippen LogP contribution in [0.2, 0.25) is 0 Å². The van der Waals surface area contributed by atoms with E-state index in [9.17, 15) is 18.3 Å². The van der Waals surface area contributed by atoms with Crippen LogP contribution < -0.4 is 10.0 Å². The van der Waals surface area contributed by atoms with Crippen molar-refractivity contribution in [2.24, 2.45) is 5.92 Å². The first kappa shape index (κ1) is 19.4. The molecule has 0 amide bonds. The van der Waals surface area contributed by atoms with Gasteiger partial charge in [-0.15, -0.1) is 0 Å². The van der Waals surface area contributed by atoms with Crippen molar-refractivity contribution in [1.29, 1.82) is 0 Å². The molecular weight excluding hydrogens is 316 g/mol. The molecule has 0 unspecified atom stereocenters. The summed E-state index contributed by atoms with van der Waals surface area (Å²) in [6.45, 7) is 7.04. The van der Waals surface area contributed by atoms with E-state index < -0.39 is 16.0 Å². The second kappa shape index (κ2) is 8.88. The maximum Gasteiger partial charge on any atom is 0.337 e. The average Bonchev–Trinajstić information content (AvgIpc) is 2.46. The number of carbonyl (C=O) groups is 1. The van der Waals surface area contributed by atoms with Crippen molar-refractivity contribution in [3.63, 3.8) is 0 Å². The van der Waals surface area contributed by atoms with Crippen LogP contribution in [0.25, 0.3) is 0 Å². The van der Waals surface area contributed by atoms with Gasteiger partial charge in [-0.3, -0.25) is 0 Å². The summed E-state index contributed by atoms with van der Waals surface area (Å²) in [5.41, 5.74) is 0.403. The number of carboxylic acid groups (broad SMARTS) is 1. The predicted octanol–water partition coefficient (Wildman–Crippen LogP) is 2.92. The molecule has 0 aromatic heterocycles. The van der Waals surface area contributed by atoms with E-state index in [0.717, 1.165) is 19.3 Å². The summed E-state index contributed by atoms with van der Waals surface area (Å²) in [6, 6.07) is 4.14. The second-order valence-corrected chi connectivity index (χ2v) is 7.64. The monoisotopic (exact) mass is 342 g/mol. The van der Waals surface area contributed by atoms with E-state index in [1.165, 1.54) is 18.2 Å². The number of hydrogen-bond acceptors (Lipinski definition) is 4. The van der Waals surface area contributed by atoms with E-state index in [1.807, 2.05) is 20.8 Å².